The highest BCUT2D eigenvalue weighted by atomic mass is 16.3. The average molecular weight is 141 g/mol. The van der Waals surface area contributed by atoms with Crippen LogP contribution in [0.15, 0.2) is 12.7 Å². The number of hydrogen-bond donors (Lipinski definition) is 1. The maximum atomic E-state index is 9.68. The van der Waals surface area contributed by atoms with Gasteiger partial charge in [-0.2, -0.15) is 0 Å². The van der Waals surface area contributed by atoms with Crippen LogP contribution in [0.25, 0.3) is 0 Å². The van der Waals surface area contributed by atoms with E-state index < -0.39 is 5.60 Å². The molecule has 10 heavy (non-hydrogen) atoms. The van der Waals surface area contributed by atoms with E-state index in [4.69, 9.17) is 0 Å². The first-order chi connectivity index (χ1) is 4.57. The lowest BCUT2D eigenvalue weighted by atomic mass is 10.0. The van der Waals surface area contributed by atoms with E-state index in [2.05, 4.69) is 18.4 Å². The molecule has 1 aliphatic heterocycles. The number of aliphatic hydroxyl groups is 1. The van der Waals surface area contributed by atoms with Gasteiger partial charge in [0.05, 0.1) is 5.60 Å². The fraction of sp³-hybridized carbons (Fsp3) is 0.750. The third-order valence-corrected chi connectivity index (χ3v) is 2.30. The van der Waals surface area contributed by atoms with E-state index in [-0.39, 0.29) is 0 Å². The topological polar surface area (TPSA) is 23.5 Å². The molecule has 58 valence electrons. The quantitative estimate of drug-likeness (QED) is 0.541. The molecule has 0 radical (unpaired) electrons. The van der Waals surface area contributed by atoms with Crippen molar-refractivity contribution in [3.05, 3.63) is 12.7 Å². The van der Waals surface area contributed by atoms with Crippen LogP contribution in [-0.2, 0) is 0 Å². The predicted molar refractivity (Wildman–Crippen MR) is 41.9 cm³/mol. The molecule has 2 atom stereocenters. The Labute approximate surface area is 62.2 Å². The summed E-state index contributed by atoms with van der Waals surface area (Å²) in [6.45, 7) is 6.44. The lowest BCUT2D eigenvalue weighted by Gasteiger charge is -2.16. The minimum atomic E-state index is -0.631. The van der Waals surface area contributed by atoms with Crippen molar-refractivity contribution in [1.29, 1.82) is 0 Å². The van der Waals surface area contributed by atoms with E-state index in [1.165, 1.54) is 0 Å². The van der Waals surface area contributed by atoms with Crippen molar-refractivity contribution < 1.29 is 5.11 Å². The van der Waals surface area contributed by atoms with Crippen molar-refractivity contribution in [3.63, 3.8) is 0 Å². The normalized spacial score (nSPS) is 42.1. The second-order valence-corrected chi connectivity index (χ2v) is 3.28. The highest BCUT2D eigenvalue weighted by Crippen LogP contribution is 2.25. The Balaban J connectivity index is 2.63. The summed E-state index contributed by atoms with van der Waals surface area (Å²) in [6, 6.07) is 0.475. The molecule has 1 saturated heterocycles. The molecule has 0 aromatic heterocycles. The van der Waals surface area contributed by atoms with Crippen LogP contribution in [0, 0.1) is 0 Å². The monoisotopic (exact) mass is 141 g/mol. The van der Waals surface area contributed by atoms with Gasteiger partial charge >= 0.3 is 0 Å². The third-order valence-electron chi connectivity index (χ3n) is 2.30. The maximum absolute atomic E-state index is 9.68. The van der Waals surface area contributed by atoms with Crippen LogP contribution in [0.2, 0.25) is 0 Å². The van der Waals surface area contributed by atoms with E-state index in [1.54, 1.807) is 6.08 Å². The zero-order chi connectivity index (χ0) is 7.78. The average Bonchev–Trinajstić information content (AvgIpc) is 2.10. The third kappa shape index (κ3) is 1.22. The van der Waals surface area contributed by atoms with E-state index >= 15 is 0 Å². The van der Waals surface area contributed by atoms with Gasteiger partial charge in [-0.25, -0.2) is 0 Å². The summed E-state index contributed by atoms with van der Waals surface area (Å²) in [6.07, 6.45) is 2.46. The Morgan fingerprint density at radius 1 is 1.80 bits per heavy atom. The van der Waals surface area contributed by atoms with Crippen LogP contribution >= 0.6 is 0 Å². The van der Waals surface area contributed by atoms with Crippen molar-refractivity contribution in [2.45, 2.75) is 25.0 Å². The summed E-state index contributed by atoms with van der Waals surface area (Å²) in [5.74, 6) is 0. The zero-order valence-corrected chi connectivity index (χ0v) is 6.67. The van der Waals surface area contributed by atoms with Gasteiger partial charge in [0, 0.05) is 12.6 Å². The van der Waals surface area contributed by atoms with Gasteiger partial charge < -0.3 is 10.0 Å². The van der Waals surface area contributed by atoms with Crippen LogP contribution in [0.4, 0.5) is 0 Å². The minimum Gasteiger partial charge on any atom is -0.384 e. The molecule has 0 aromatic rings. The Morgan fingerprint density at radius 2 is 2.40 bits per heavy atom. The molecule has 1 fully saturated rings. The van der Waals surface area contributed by atoms with Crippen LogP contribution in [-0.4, -0.2) is 35.2 Å². The molecule has 0 saturated carbocycles. The highest BCUT2D eigenvalue weighted by molar-refractivity contribution is 5.04. The van der Waals surface area contributed by atoms with E-state index in [1.807, 2.05) is 7.05 Å². The SMILES string of the molecule is C=CC1(O)CC(C)N(C)C1. The summed E-state index contributed by atoms with van der Waals surface area (Å²) in [5, 5.41) is 9.68. The molecular weight excluding hydrogens is 126 g/mol. The molecule has 0 spiro atoms. The summed E-state index contributed by atoms with van der Waals surface area (Å²) < 4.78 is 0. The highest BCUT2D eigenvalue weighted by Gasteiger charge is 2.35. The fourth-order valence-corrected chi connectivity index (χ4v) is 1.47. The van der Waals surface area contributed by atoms with Crippen LogP contribution in [0.1, 0.15) is 13.3 Å². The van der Waals surface area contributed by atoms with Crippen molar-refractivity contribution >= 4 is 0 Å². The first-order valence-corrected chi connectivity index (χ1v) is 3.63. The molecule has 1 N–H and O–H groups in total. The molecule has 0 amide bonds. The summed E-state index contributed by atoms with van der Waals surface area (Å²) in [4.78, 5) is 2.14. The lowest BCUT2D eigenvalue weighted by molar-refractivity contribution is 0.102. The Morgan fingerprint density at radius 3 is 2.60 bits per heavy atom. The van der Waals surface area contributed by atoms with E-state index in [0.717, 1.165) is 13.0 Å². The molecule has 0 aliphatic carbocycles. The molecule has 1 heterocycles. The number of hydrogen-bond acceptors (Lipinski definition) is 2. The van der Waals surface area contributed by atoms with E-state index in [0.29, 0.717) is 6.04 Å². The molecule has 2 heteroatoms. The number of likely N-dealkylation sites (tertiary alicyclic amines) is 1. The van der Waals surface area contributed by atoms with Gasteiger partial charge in [-0.3, -0.25) is 0 Å². The van der Waals surface area contributed by atoms with Crippen molar-refractivity contribution in [1.82, 2.24) is 4.90 Å². The van der Waals surface area contributed by atoms with Crippen LogP contribution < -0.4 is 0 Å². The van der Waals surface area contributed by atoms with Crippen molar-refractivity contribution in [2.24, 2.45) is 0 Å². The summed E-state index contributed by atoms with van der Waals surface area (Å²) >= 11 is 0. The molecular formula is C8H15NO. The molecule has 0 bridgehead atoms. The second-order valence-electron chi connectivity index (χ2n) is 3.28. The number of rotatable bonds is 1. The van der Waals surface area contributed by atoms with Gasteiger partial charge in [-0.15, -0.1) is 6.58 Å². The fourth-order valence-electron chi connectivity index (χ4n) is 1.47. The second kappa shape index (κ2) is 2.36. The van der Waals surface area contributed by atoms with Crippen molar-refractivity contribution in [3.8, 4) is 0 Å². The van der Waals surface area contributed by atoms with Gasteiger partial charge in [-0.05, 0) is 20.4 Å². The van der Waals surface area contributed by atoms with Gasteiger partial charge in [0.25, 0.3) is 0 Å². The summed E-state index contributed by atoms with van der Waals surface area (Å²) in [7, 11) is 2.02. The molecule has 2 unspecified atom stereocenters. The standard InChI is InChI=1S/C8H15NO/c1-4-8(10)5-7(2)9(3)6-8/h4,7,10H,1,5-6H2,2-3H3. The Bertz CT molecular complexity index is 134. The zero-order valence-electron chi connectivity index (χ0n) is 6.67. The largest absolute Gasteiger partial charge is 0.384 e. The first kappa shape index (κ1) is 7.76. The predicted octanol–water partition coefficient (Wildman–Crippen LogP) is 0.627. The molecule has 0 aromatic carbocycles. The Hall–Kier alpha value is -0.340. The maximum Gasteiger partial charge on any atom is 0.0966 e. The van der Waals surface area contributed by atoms with E-state index in [9.17, 15) is 5.11 Å². The Kier molecular flexibility index (Phi) is 1.84. The van der Waals surface area contributed by atoms with Gasteiger partial charge in [0.2, 0.25) is 0 Å². The number of likely N-dealkylation sites (N-methyl/N-ethyl adjacent to an activating group) is 1. The van der Waals surface area contributed by atoms with Gasteiger partial charge in [0.15, 0.2) is 0 Å². The molecule has 2 nitrogen and oxygen atoms in total. The van der Waals surface area contributed by atoms with Crippen LogP contribution in [0.3, 0.4) is 0 Å². The van der Waals surface area contributed by atoms with Crippen LogP contribution in [0.5, 0.6) is 0 Å². The number of nitrogens with zero attached hydrogens (tertiary/aromatic N) is 1. The lowest BCUT2D eigenvalue weighted by Crippen LogP contribution is -2.29. The van der Waals surface area contributed by atoms with Crippen molar-refractivity contribution in [2.75, 3.05) is 13.6 Å². The molecule has 1 rings (SSSR count). The minimum absolute atomic E-state index is 0.475. The number of β-amino-alcohol motifs (C(OH)–C–C–N with tert-alkyl or cyclic N) is 1. The first-order valence-electron chi connectivity index (χ1n) is 3.63. The van der Waals surface area contributed by atoms with Gasteiger partial charge in [-0.1, -0.05) is 6.08 Å². The smallest absolute Gasteiger partial charge is 0.0966 e. The summed E-state index contributed by atoms with van der Waals surface area (Å²) in [5.41, 5.74) is -0.631. The van der Waals surface area contributed by atoms with Gasteiger partial charge in [0.1, 0.15) is 0 Å². The molecule has 1 aliphatic rings.